The van der Waals surface area contributed by atoms with Crippen molar-refractivity contribution in [2.75, 3.05) is 12.4 Å². The predicted molar refractivity (Wildman–Crippen MR) is 133 cm³/mol. The standard InChI is InChI=1S/C25H23N5O3S/c1-2-33-21-14-12-20(13-15-21)30-24(18-8-4-3-5-9-18)28-29-25(30)34-17-23(32)27-26-16-19-10-6-7-11-22(19)31/h3-16,31H,2,17H2,1H3,(H,27,32)/b26-16-. The fourth-order valence-corrected chi connectivity index (χ4v) is 3.91. The number of hydrazone groups is 1. The van der Waals surface area contributed by atoms with Gasteiger partial charge in [-0.1, -0.05) is 54.2 Å². The molecule has 0 aliphatic rings. The van der Waals surface area contributed by atoms with Crippen LogP contribution in [-0.4, -0.2) is 44.4 Å². The lowest BCUT2D eigenvalue weighted by molar-refractivity contribution is -0.118. The van der Waals surface area contributed by atoms with Gasteiger partial charge in [0.1, 0.15) is 11.5 Å². The van der Waals surface area contributed by atoms with Crippen LogP contribution in [0.25, 0.3) is 17.1 Å². The van der Waals surface area contributed by atoms with Gasteiger partial charge in [0.05, 0.1) is 18.6 Å². The van der Waals surface area contributed by atoms with Crippen molar-refractivity contribution in [3.63, 3.8) is 0 Å². The number of phenols is 1. The minimum absolute atomic E-state index is 0.0854. The molecule has 2 N–H and O–H groups in total. The van der Waals surface area contributed by atoms with Gasteiger partial charge in [0.2, 0.25) is 0 Å². The van der Waals surface area contributed by atoms with Crippen LogP contribution >= 0.6 is 11.8 Å². The number of hydrogen-bond donors (Lipinski definition) is 2. The van der Waals surface area contributed by atoms with E-state index < -0.39 is 0 Å². The van der Waals surface area contributed by atoms with Crippen molar-refractivity contribution < 1.29 is 14.6 Å². The molecule has 0 saturated heterocycles. The van der Waals surface area contributed by atoms with Crippen LogP contribution in [0, 0.1) is 0 Å². The van der Waals surface area contributed by atoms with Gasteiger partial charge in [0.25, 0.3) is 5.91 Å². The number of thioether (sulfide) groups is 1. The second kappa shape index (κ2) is 11.2. The Balaban J connectivity index is 1.51. The average molecular weight is 474 g/mol. The van der Waals surface area contributed by atoms with Crippen molar-refractivity contribution in [2.45, 2.75) is 12.1 Å². The molecule has 9 heteroatoms. The molecule has 8 nitrogen and oxygen atoms in total. The van der Waals surface area contributed by atoms with Gasteiger partial charge in [-0.05, 0) is 43.3 Å². The molecule has 0 unspecified atom stereocenters. The van der Waals surface area contributed by atoms with Gasteiger partial charge in [-0.3, -0.25) is 9.36 Å². The van der Waals surface area contributed by atoms with E-state index in [1.165, 1.54) is 18.0 Å². The highest BCUT2D eigenvalue weighted by molar-refractivity contribution is 7.99. The minimum Gasteiger partial charge on any atom is -0.507 e. The number of carbonyl (C=O) groups excluding carboxylic acids is 1. The Morgan fingerprint density at radius 2 is 1.79 bits per heavy atom. The Bertz CT molecular complexity index is 1270. The molecule has 172 valence electrons. The van der Waals surface area contributed by atoms with Gasteiger partial charge in [0.15, 0.2) is 11.0 Å². The summed E-state index contributed by atoms with van der Waals surface area (Å²) in [6, 6.07) is 24.1. The van der Waals surface area contributed by atoms with Crippen LogP contribution in [0.3, 0.4) is 0 Å². The third kappa shape index (κ3) is 5.62. The second-order valence-electron chi connectivity index (χ2n) is 7.08. The summed E-state index contributed by atoms with van der Waals surface area (Å²) in [6.45, 7) is 2.53. The van der Waals surface area contributed by atoms with Crippen molar-refractivity contribution in [1.29, 1.82) is 0 Å². The van der Waals surface area contributed by atoms with Crippen LogP contribution < -0.4 is 10.2 Å². The number of benzene rings is 3. The van der Waals surface area contributed by atoms with E-state index in [-0.39, 0.29) is 17.4 Å². The zero-order valence-corrected chi connectivity index (χ0v) is 19.3. The van der Waals surface area contributed by atoms with Crippen LogP contribution in [0.1, 0.15) is 12.5 Å². The first kappa shape index (κ1) is 23.1. The maximum Gasteiger partial charge on any atom is 0.250 e. The van der Waals surface area contributed by atoms with Gasteiger partial charge in [-0.25, -0.2) is 5.43 Å². The summed E-state index contributed by atoms with van der Waals surface area (Å²) < 4.78 is 7.46. The quantitative estimate of drug-likeness (QED) is 0.214. The summed E-state index contributed by atoms with van der Waals surface area (Å²) in [4.78, 5) is 12.4. The fraction of sp³-hybridized carbons (Fsp3) is 0.120. The van der Waals surface area contributed by atoms with E-state index in [4.69, 9.17) is 4.74 Å². The van der Waals surface area contributed by atoms with Gasteiger partial charge in [-0.2, -0.15) is 5.10 Å². The first-order valence-corrected chi connectivity index (χ1v) is 11.6. The molecule has 34 heavy (non-hydrogen) atoms. The van der Waals surface area contributed by atoms with Crippen molar-refractivity contribution in [1.82, 2.24) is 20.2 Å². The number of rotatable bonds is 9. The second-order valence-corrected chi connectivity index (χ2v) is 8.02. The molecule has 1 aromatic heterocycles. The molecule has 0 saturated carbocycles. The molecule has 0 fully saturated rings. The first-order valence-electron chi connectivity index (χ1n) is 10.6. The molecule has 0 spiro atoms. The maximum absolute atomic E-state index is 12.4. The number of amides is 1. The molecule has 0 aliphatic carbocycles. The van der Waals surface area contributed by atoms with Gasteiger partial charge >= 0.3 is 0 Å². The third-order valence-electron chi connectivity index (χ3n) is 4.73. The largest absolute Gasteiger partial charge is 0.507 e. The number of para-hydroxylation sites is 1. The van der Waals surface area contributed by atoms with Crippen LogP contribution in [0.15, 0.2) is 89.1 Å². The Morgan fingerprint density at radius 1 is 1.06 bits per heavy atom. The summed E-state index contributed by atoms with van der Waals surface area (Å²) in [7, 11) is 0. The molecular formula is C25H23N5O3S. The van der Waals surface area contributed by atoms with Crippen molar-refractivity contribution >= 4 is 23.9 Å². The smallest absolute Gasteiger partial charge is 0.250 e. The SMILES string of the molecule is CCOc1ccc(-n2c(SCC(=O)N/N=C\c3ccccc3O)nnc2-c2ccccc2)cc1. The lowest BCUT2D eigenvalue weighted by Crippen LogP contribution is -2.20. The molecule has 4 aromatic rings. The third-order valence-corrected chi connectivity index (χ3v) is 5.66. The molecular weight excluding hydrogens is 450 g/mol. The normalized spacial score (nSPS) is 11.0. The lowest BCUT2D eigenvalue weighted by atomic mass is 10.2. The van der Waals surface area contributed by atoms with Crippen LogP contribution in [0.2, 0.25) is 0 Å². The molecule has 1 heterocycles. The minimum atomic E-state index is -0.306. The van der Waals surface area contributed by atoms with E-state index in [0.717, 1.165) is 17.0 Å². The topological polar surface area (TPSA) is 102 Å². The number of hydrogen-bond acceptors (Lipinski definition) is 7. The zero-order chi connectivity index (χ0) is 23.8. The molecule has 0 bridgehead atoms. The summed E-state index contributed by atoms with van der Waals surface area (Å²) in [5.41, 5.74) is 4.75. The number of phenolic OH excluding ortho intramolecular Hbond substituents is 1. The Labute approximate surface area is 201 Å². The van der Waals surface area contributed by atoms with E-state index in [0.29, 0.717) is 23.2 Å². The van der Waals surface area contributed by atoms with E-state index in [2.05, 4.69) is 20.7 Å². The molecule has 1 amide bonds. The summed E-state index contributed by atoms with van der Waals surface area (Å²) >= 11 is 1.25. The van der Waals surface area contributed by atoms with Crippen LogP contribution in [0.5, 0.6) is 11.5 Å². The van der Waals surface area contributed by atoms with Gasteiger partial charge in [-0.15, -0.1) is 10.2 Å². The van der Waals surface area contributed by atoms with Crippen molar-refractivity contribution in [3.05, 3.63) is 84.4 Å². The highest BCUT2D eigenvalue weighted by Gasteiger charge is 2.17. The number of nitrogens with zero attached hydrogens (tertiary/aromatic N) is 4. The molecule has 4 rings (SSSR count). The molecule has 0 atom stereocenters. The number of nitrogens with one attached hydrogen (secondary N) is 1. The van der Waals surface area contributed by atoms with E-state index in [9.17, 15) is 9.90 Å². The zero-order valence-electron chi connectivity index (χ0n) is 18.5. The molecule has 0 aliphatic heterocycles. The number of ether oxygens (including phenoxy) is 1. The van der Waals surface area contributed by atoms with Crippen molar-refractivity contribution in [3.8, 4) is 28.6 Å². The summed E-state index contributed by atoms with van der Waals surface area (Å²) in [5, 5.41) is 23.0. The van der Waals surface area contributed by atoms with Gasteiger partial charge in [0, 0.05) is 16.8 Å². The predicted octanol–water partition coefficient (Wildman–Crippen LogP) is 4.28. The first-order chi connectivity index (χ1) is 16.7. The highest BCUT2D eigenvalue weighted by Crippen LogP contribution is 2.28. The summed E-state index contributed by atoms with van der Waals surface area (Å²) in [5.74, 6) is 1.31. The monoisotopic (exact) mass is 473 g/mol. The van der Waals surface area contributed by atoms with Crippen LogP contribution in [0.4, 0.5) is 0 Å². The Hall–Kier alpha value is -4.11. The summed E-state index contributed by atoms with van der Waals surface area (Å²) in [6.07, 6.45) is 1.40. The lowest BCUT2D eigenvalue weighted by Gasteiger charge is -2.11. The number of aromatic nitrogens is 3. The molecule has 0 radical (unpaired) electrons. The van der Waals surface area contributed by atoms with E-state index >= 15 is 0 Å². The maximum atomic E-state index is 12.4. The fourth-order valence-electron chi connectivity index (χ4n) is 3.16. The highest BCUT2D eigenvalue weighted by atomic mass is 32.2. The van der Waals surface area contributed by atoms with E-state index in [1.807, 2.05) is 66.1 Å². The number of carbonyl (C=O) groups is 1. The van der Waals surface area contributed by atoms with Crippen molar-refractivity contribution in [2.24, 2.45) is 5.10 Å². The average Bonchev–Trinajstić information content (AvgIpc) is 3.29. The Kier molecular flexibility index (Phi) is 7.56. The number of aromatic hydroxyl groups is 1. The Morgan fingerprint density at radius 3 is 2.53 bits per heavy atom. The van der Waals surface area contributed by atoms with E-state index in [1.54, 1.807) is 24.3 Å². The molecule has 3 aromatic carbocycles. The van der Waals surface area contributed by atoms with Gasteiger partial charge < -0.3 is 9.84 Å². The van der Waals surface area contributed by atoms with Crippen LogP contribution in [-0.2, 0) is 4.79 Å².